The fourth-order valence-electron chi connectivity index (χ4n) is 3.34. The lowest BCUT2D eigenvalue weighted by Crippen LogP contribution is -2.35. The molecule has 1 aliphatic heterocycles. The number of carbonyl (C=O) groups is 1. The molecule has 1 N–H and O–H groups in total. The fourth-order valence-corrected chi connectivity index (χ4v) is 3.34. The maximum atomic E-state index is 12.4. The van der Waals surface area contributed by atoms with Gasteiger partial charge in [0.1, 0.15) is 23.1 Å². The number of rotatable bonds is 5. The normalized spacial score (nSPS) is 16.2. The lowest BCUT2D eigenvalue weighted by molar-refractivity contribution is -0.112. The SMILES string of the molecule is C=C/C(=C\C)C(=O)Nc1cc2ccc(OC3CCN(C)CC3)c(C)c2oc1=O. The summed E-state index contributed by atoms with van der Waals surface area (Å²) >= 11 is 0. The van der Waals surface area contributed by atoms with Crippen LogP contribution in [0.1, 0.15) is 25.3 Å². The third-order valence-electron chi connectivity index (χ3n) is 5.10. The summed E-state index contributed by atoms with van der Waals surface area (Å²) in [6, 6.07) is 5.36. The number of aryl methyl sites for hydroxylation is 1. The highest BCUT2D eigenvalue weighted by atomic mass is 16.5. The Labute approximate surface area is 164 Å². The molecule has 1 aliphatic rings. The van der Waals surface area contributed by atoms with E-state index in [4.69, 9.17) is 9.15 Å². The van der Waals surface area contributed by atoms with Gasteiger partial charge in [-0.1, -0.05) is 18.7 Å². The van der Waals surface area contributed by atoms with Gasteiger partial charge in [-0.05, 0) is 51.9 Å². The molecule has 6 heteroatoms. The molecule has 1 aromatic carbocycles. The number of allylic oxidation sites excluding steroid dienone is 1. The number of amides is 1. The molecule has 0 bridgehead atoms. The Morgan fingerprint density at radius 2 is 2.07 bits per heavy atom. The second kappa shape index (κ2) is 8.44. The predicted molar refractivity (Wildman–Crippen MR) is 111 cm³/mol. The van der Waals surface area contributed by atoms with Gasteiger partial charge in [-0.2, -0.15) is 0 Å². The summed E-state index contributed by atoms with van der Waals surface area (Å²) < 4.78 is 11.7. The number of piperidine rings is 1. The first-order valence-electron chi connectivity index (χ1n) is 9.45. The van der Waals surface area contributed by atoms with Crippen LogP contribution in [0.15, 0.2) is 51.7 Å². The number of carbonyl (C=O) groups excluding carboxylic acids is 1. The van der Waals surface area contributed by atoms with Crippen molar-refractivity contribution in [2.75, 3.05) is 25.5 Å². The second-order valence-electron chi connectivity index (χ2n) is 7.08. The summed E-state index contributed by atoms with van der Waals surface area (Å²) in [4.78, 5) is 26.8. The molecule has 148 valence electrons. The molecule has 0 radical (unpaired) electrons. The number of hydrogen-bond donors (Lipinski definition) is 1. The van der Waals surface area contributed by atoms with Crippen LogP contribution < -0.4 is 15.7 Å². The monoisotopic (exact) mass is 382 g/mol. The van der Waals surface area contributed by atoms with Gasteiger partial charge in [0.25, 0.3) is 5.91 Å². The van der Waals surface area contributed by atoms with E-state index < -0.39 is 11.5 Å². The van der Waals surface area contributed by atoms with Crippen LogP contribution >= 0.6 is 0 Å². The van der Waals surface area contributed by atoms with Gasteiger partial charge >= 0.3 is 5.63 Å². The maximum Gasteiger partial charge on any atom is 0.360 e. The van der Waals surface area contributed by atoms with E-state index in [1.165, 1.54) is 6.08 Å². The molecule has 6 nitrogen and oxygen atoms in total. The van der Waals surface area contributed by atoms with Crippen molar-refractivity contribution < 1.29 is 13.9 Å². The molecular weight excluding hydrogens is 356 g/mol. The van der Waals surface area contributed by atoms with E-state index in [-0.39, 0.29) is 11.8 Å². The minimum absolute atomic E-state index is 0.0992. The number of likely N-dealkylation sites (tertiary alicyclic amines) is 1. The Morgan fingerprint density at radius 3 is 2.71 bits per heavy atom. The van der Waals surface area contributed by atoms with Gasteiger partial charge in [0.2, 0.25) is 0 Å². The number of nitrogens with zero attached hydrogens (tertiary/aromatic N) is 1. The van der Waals surface area contributed by atoms with E-state index in [9.17, 15) is 9.59 Å². The van der Waals surface area contributed by atoms with Crippen molar-refractivity contribution in [2.24, 2.45) is 0 Å². The Balaban J connectivity index is 1.87. The number of anilines is 1. The van der Waals surface area contributed by atoms with E-state index in [0.717, 1.165) is 42.6 Å². The van der Waals surface area contributed by atoms with Crippen LogP contribution in [-0.2, 0) is 4.79 Å². The Hall–Kier alpha value is -2.86. The molecule has 2 aromatic rings. The van der Waals surface area contributed by atoms with Crippen LogP contribution in [0.5, 0.6) is 5.75 Å². The van der Waals surface area contributed by atoms with Gasteiger partial charge in [0.05, 0.1) is 0 Å². The Kier molecular flexibility index (Phi) is 5.99. The molecule has 0 saturated carbocycles. The van der Waals surface area contributed by atoms with Crippen molar-refractivity contribution >= 4 is 22.6 Å². The Morgan fingerprint density at radius 1 is 1.36 bits per heavy atom. The zero-order valence-corrected chi connectivity index (χ0v) is 16.6. The van der Waals surface area contributed by atoms with E-state index in [1.807, 2.05) is 19.1 Å². The maximum absolute atomic E-state index is 12.4. The minimum atomic E-state index is -0.597. The van der Waals surface area contributed by atoms with Crippen molar-refractivity contribution in [2.45, 2.75) is 32.8 Å². The summed E-state index contributed by atoms with van der Waals surface area (Å²) in [6.45, 7) is 9.22. The molecular formula is C22H26N2O4. The highest BCUT2D eigenvalue weighted by Crippen LogP contribution is 2.29. The summed E-state index contributed by atoms with van der Waals surface area (Å²) in [6.07, 6.45) is 5.17. The van der Waals surface area contributed by atoms with Gasteiger partial charge in [-0.3, -0.25) is 4.79 Å². The van der Waals surface area contributed by atoms with Crippen molar-refractivity contribution in [3.05, 3.63) is 58.5 Å². The minimum Gasteiger partial charge on any atom is -0.490 e. The molecule has 0 unspecified atom stereocenters. The molecule has 3 rings (SSSR count). The lowest BCUT2D eigenvalue weighted by Gasteiger charge is -2.29. The van der Waals surface area contributed by atoms with Crippen LogP contribution in [-0.4, -0.2) is 37.0 Å². The fraction of sp³-hybridized carbons (Fsp3) is 0.364. The topological polar surface area (TPSA) is 71.8 Å². The third-order valence-corrected chi connectivity index (χ3v) is 5.10. The number of benzene rings is 1. The van der Waals surface area contributed by atoms with Crippen molar-refractivity contribution in [3.8, 4) is 5.75 Å². The van der Waals surface area contributed by atoms with Crippen LogP contribution in [0.4, 0.5) is 5.69 Å². The van der Waals surface area contributed by atoms with E-state index in [2.05, 4.69) is 23.8 Å². The first-order chi connectivity index (χ1) is 13.4. The van der Waals surface area contributed by atoms with Gasteiger partial charge in [0.15, 0.2) is 0 Å². The van der Waals surface area contributed by atoms with Crippen LogP contribution in [0, 0.1) is 6.92 Å². The zero-order valence-electron chi connectivity index (χ0n) is 16.6. The lowest BCUT2D eigenvalue weighted by atomic mass is 10.1. The smallest absolute Gasteiger partial charge is 0.360 e. The largest absolute Gasteiger partial charge is 0.490 e. The molecule has 1 saturated heterocycles. The second-order valence-corrected chi connectivity index (χ2v) is 7.08. The number of ether oxygens (including phenoxy) is 1. The first kappa shape index (κ1) is 19.9. The highest BCUT2D eigenvalue weighted by molar-refractivity contribution is 6.06. The van der Waals surface area contributed by atoms with Gasteiger partial charge in [0, 0.05) is 29.6 Å². The highest BCUT2D eigenvalue weighted by Gasteiger charge is 2.20. The summed E-state index contributed by atoms with van der Waals surface area (Å²) in [5, 5.41) is 3.31. The molecule has 0 spiro atoms. The molecule has 2 heterocycles. The first-order valence-corrected chi connectivity index (χ1v) is 9.45. The number of fused-ring (bicyclic) bond motifs is 1. The molecule has 28 heavy (non-hydrogen) atoms. The van der Waals surface area contributed by atoms with E-state index in [1.54, 1.807) is 19.1 Å². The number of nitrogens with one attached hydrogen (secondary N) is 1. The third kappa shape index (κ3) is 4.17. The van der Waals surface area contributed by atoms with Crippen molar-refractivity contribution in [3.63, 3.8) is 0 Å². The van der Waals surface area contributed by atoms with E-state index in [0.29, 0.717) is 11.2 Å². The molecule has 0 atom stereocenters. The van der Waals surface area contributed by atoms with Crippen molar-refractivity contribution in [1.82, 2.24) is 4.90 Å². The summed E-state index contributed by atoms with van der Waals surface area (Å²) in [5.74, 6) is 0.327. The molecule has 0 aliphatic carbocycles. The van der Waals surface area contributed by atoms with Crippen LogP contribution in [0.3, 0.4) is 0 Å². The molecule has 1 aromatic heterocycles. The average molecular weight is 382 g/mol. The van der Waals surface area contributed by atoms with Gasteiger partial charge in [-0.15, -0.1) is 0 Å². The molecule has 1 fully saturated rings. The molecule has 1 amide bonds. The standard InChI is InChI=1S/C22H26N2O4/c1-5-15(6-2)21(25)23-18-13-16-7-8-19(14(3)20(16)28-22(18)26)27-17-9-11-24(4)12-10-17/h5-8,13,17H,1,9-12H2,2-4H3,(H,23,25)/b15-6+. The number of hydrogen-bond acceptors (Lipinski definition) is 5. The summed E-state index contributed by atoms with van der Waals surface area (Å²) in [5.41, 5.74) is 1.15. The van der Waals surface area contributed by atoms with Crippen molar-refractivity contribution in [1.29, 1.82) is 0 Å². The Bertz CT molecular complexity index is 982. The average Bonchev–Trinajstić information content (AvgIpc) is 2.68. The van der Waals surface area contributed by atoms with Crippen LogP contribution in [0.2, 0.25) is 0 Å². The van der Waals surface area contributed by atoms with Gasteiger partial charge < -0.3 is 19.4 Å². The van der Waals surface area contributed by atoms with Gasteiger partial charge in [-0.25, -0.2) is 4.79 Å². The van der Waals surface area contributed by atoms with Crippen LogP contribution in [0.25, 0.3) is 11.0 Å². The predicted octanol–water partition coefficient (Wildman–Crippen LogP) is 3.65. The summed E-state index contributed by atoms with van der Waals surface area (Å²) in [7, 11) is 2.11. The zero-order chi connectivity index (χ0) is 20.3. The van der Waals surface area contributed by atoms with E-state index >= 15 is 0 Å². The quantitative estimate of drug-likeness (QED) is 0.486.